The average molecular weight is 535 g/mol. The van der Waals surface area contributed by atoms with Gasteiger partial charge < -0.3 is 10.2 Å². The van der Waals surface area contributed by atoms with Gasteiger partial charge in [-0.1, -0.05) is 24.3 Å². The van der Waals surface area contributed by atoms with Gasteiger partial charge in [-0.05, 0) is 44.7 Å². The third kappa shape index (κ3) is 6.07. The van der Waals surface area contributed by atoms with Crippen molar-refractivity contribution in [2.75, 3.05) is 45.0 Å². The van der Waals surface area contributed by atoms with Gasteiger partial charge in [-0.15, -0.1) is 24.0 Å². The molecule has 1 fully saturated rings. The number of nitrogens with zero attached hydrogens (tertiary/aromatic N) is 3. The van der Waals surface area contributed by atoms with Crippen LogP contribution in [0.15, 0.2) is 29.3 Å². The maximum atomic E-state index is 12.3. The van der Waals surface area contributed by atoms with Crippen molar-refractivity contribution < 1.29 is 8.42 Å². The number of hydrogen-bond acceptors (Lipinski definition) is 4. The molecule has 1 aromatic carbocycles. The van der Waals surface area contributed by atoms with Gasteiger partial charge in [0.05, 0.1) is 10.5 Å². The van der Waals surface area contributed by atoms with Crippen molar-refractivity contribution in [3.63, 3.8) is 0 Å². The van der Waals surface area contributed by atoms with Gasteiger partial charge in [0.25, 0.3) is 0 Å². The normalized spacial score (nSPS) is 21.2. The Kier molecular flexibility index (Phi) is 8.78. The van der Waals surface area contributed by atoms with Crippen LogP contribution in [0.3, 0.4) is 0 Å². The zero-order chi connectivity index (χ0) is 20.2. The van der Waals surface area contributed by atoms with Gasteiger partial charge in [0, 0.05) is 45.8 Å². The number of fused-ring (bicyclic) bond motifs is 1. The van der Waals surface area contributed by atoms with Crippen LogP contribution in [0.5, 0.6) is 0 Å². The topological polar surface area (TPSA) is 65.0 Å². The largest absolute Gasteiger partial charge is 0.357 e. The molecule has 0 aliphatic carbocycles. The second kappa shape index (κ2) is 10.4. The molecule has 0 atom stereocenters. The van der Waals surface area contributed by atoms with Crippen molar-refractivity contribution in [3.8, 4) is 0 Å². The summed E-state index contributed by atoms with van der Waals surface area (Å²) in [4.78, 5) is 9.39. The fraction of sp³-hybridized carbons (Fsp3) is 0.667. The number of guanidine groups is 1. The highest BCUT2D eigenvalue weighted by atomic mass is 127. The van der Waals surface area contributed by atoms with E-state index in [9.17, 15) is 8.42 Å². The number of hydrogen-bond donors (Lipinski definition) is 1. The summed E-state index contributed by atoms with van der Waals surface area (Å²) in [6.07, 6.45) is 2.13. The summed E-state index contributed by atoms with van der Waals surface area (Å²) in [6, 6.07) is 8.71. The van der Waals surface area contributed by atoms with Gasteiger partial charge in [-0.2, -0.15) is 0 Å². The monoisotopic (exact) mass is 534 g/mol. The minimum absolute atomic E-state index is 0. The first-order valence-corrected chi connectivity index (χ1v) is 12.0. The molecule has 1 aromatic rings. The first kappa shape index (κ1) is 24.4. The Labute approximate surface area is 193 Å². The van der Waals surface area contributed by atoms with E-state index in [0.717, 1.165) is 51.5 Å². The van der Waals surface area contributed by atoms with E-state index >= 15 is 0 Å². The summed E-state index contributed by atoms with van der Waals surface area (Å²) < 4.78 is 23.8. The molecular formula is C21H35IN4O2S. The Bertz CT molecular complexity index is 811. The maximum absolute atomic E-state index is 12.3. The molecule has 2 heterocycles. The van der Waals surface area contributed by atoms with Crippen LogP contribution >= 0.6 is 24.0 Å². The van der Waals surface area contributed by atoms with Crippen molar-refractivity contribution in [2.24, 2.45) is 4.99 Å². The second-order valence-electron chi connectivity index (χ2n) is 8.38. The highest BCUT2D eigenvalue weighted by molar-refractivity contribution is 14.0. The zero-order valence-electron chi connectivity index (χ0n) is 17.9. The van der Waals surface area contributed by atoms with Gasteiger partial charge >= 0.3 is 0 Å². The molecule has 2 aliphatic heterocycles. The third-order valence-corrected chi connectivity index (χ3v) is 8.31. The Morgan fingerprint density at radius 1 is 1.21 bits per heavy atom. The lowest BCUT2D eigenvalue weighted by atomic mass is 10.00. The Morgan fingerprint density at radius 2 is 1.93 bits per heavy atom. The first-order valence-electron chi connectivity index (χ1n) is 10.4. The van der Waals surface area contributed by atoms with Crippen LogP contribution < -0.4 is 5.32 Å². The van der Waals surface area contributed by atoms with Crippen LogP contribution in [0, 0.1) is 0 Å². The molecule has 29 heavy (non-hydrogen) atoms. The summed E-state index contributed by atoms with van der Waals surface area (Å²) in [5, 5.41) is 3.34. The molecule has 0 radical (unpaired) electrons. The van der Waals surface area contributed by atoms with E-state index in [-0.39, 0.29) is 29.7 Å². The maximum Gasteiger partial charge on any atom is 0.193 e. The van der Waals surface area contributed by atoms with Gasteiger partial charge in [-0.25, -0.2) is 8.42 Å². The molecule has 2 aliphatic rings. The van der Waals surface area contributed by atoms with E-state index in [2.05, 4.69) is 39.4 Å². The summed E-state index contributed by atoms with van der Waals surface area (Å²) in [6.45, 7) is 11.4. The Balaban J connectivity index is 0.00000300. The molecule has 6 nitrogen and oxygen atoms in total. The van der Waals surface area contributed by atoms with Crippen LogP contribution in [-0.4, -0.2) is 73.9 Å². The molecule has 0 spiro atoms. The van der Waals surface area contributed by atoms with E-state index in [0.29, 0.717) is 13.1 Å². The van der Waals surface area contributed by atoms with Gasteiger partial charge in [0.1, 0.15) is 0 Å². The predicted octanol–water partition coefficient (Wildman–Crippen LogP) is 2.53. The lowest BCUT2D eigenvalue weighted by molar-refractivity contribution is 0.252. The predicted molar refractivity (Wildman–Crippen MR) is 131 cm³/mol. The molecular weight excluding hydrogens is 499 g/mol. The quantitative estimate of drug-likeness (QED) is 0.272. The lowest BCUT2D eigenvalue weighted by Crippen LogP contribution is -2.57. The van der Waals surface area contributed by atoms with Gasteiger partial charge in [-0.3, -0.25) is 9.89 Å². The average Bonchev–Trinajstić information content (AvgIpc) is 2.66. The highest BCUT2D eigenvalue weighted by Gasteiger charge is 2.40. The molecule has 0 unspecified atom stereocenters. The molecule has 1 saturated heterocycles. The smallest absolute Gasteiger partial charge is 0.193 e. The number of rotatable bonds is 5. The second-order valence-corrected chi connectivity index (χ2v) is 11.1. The number of benzene rings is 1. The standard InChI is InChI=1S/C21H34N4O2S.HI/c1-4-22-20(25-14-15-28(26,27)21(2,3)17-25)23-11-7-12-24-13-10-18-8-5-6-9-19(18)16-24;/h5-6,8-9H,4,7,10-17H2,1-3H3,(H,22,23);1H. The van der Waals surface area contributed by atoms with Gasteiger partial charge in [0.2, 0.25) is 0 Å². The van der Waals surface area contributed by atoms with E-state index in [1.807, 2.05) is 20.8 Å². The lowest BCUT2D eigenvalue weighted by Gasteiger charge is -2.39. The van der Waals surface area contributed by atoms with E-state index in [4.69, 9.17) is 4.99 Å². The molecule has 0 amide bonds. The Morgan fingerprint density at radius 3 is 2.62 bits per heavy atom. The summed E-state index contributed by atoms with van der Waals surface area (Å²) >= 11 is 0. The number of sulfone groups is 1. The van der Waals surface area contributed by atoms with Crippen molar-refractivity contribution in [3.05, 3.63) is 35.4 Å². The molecule has 0 saturated carbocycles. The van der Waals surface area contributed by atoms with Crippen LogP contribution in [0.1, 0.15) is 38.3 Å². The molecule has 3 rings (SSSR count). The van der Waals surface area contributed by atoms with Crippen LogP contribution in [0.2, 0.25) is 0 Å². The molecule has 1 N–H and O–H groups in total. The SMILES string of the molecule is CCNC(=NCCCN1CCc2ccccc2C1)N1CCS(=O)(=O)C(C)(C)C1.I. The van der Waals surface area contributed by atoms with Crippen molar-refractivity contribution >= 4 is 39.8 Å². The van der Waals surface area contributed by atoms with Crippen LogP contribution in [0.4, 0.5) is 0 Å². The van der Waals surface area contributed by atoms with Crippen LogP contribution in [0.25, 0.3) is 0 Å². The van der Waals surface area contributed by atoms with Gasteiger partial charge in [0.15, 0.2) is 15.8 Å². The fourth-order valence-electron chi connectivity index (χ4n) is 3.97. The number of aliphatic imine (C=N–C) groups is 1. The first-order chi connectivity index (χ1) is 13.3. The molecule has 164 valence electrons. The minimum atomic E-state index is -3.04. The molecule has 8 heteroatoms. The third-order valence-electron chi connectivity index (χ3n) is 5.78. The Hall–Kier alpha value is -0.870. The summed E-state index contributed by atoms with van der Waals surface area (Å²) in [5.74, 6) is 1.03. The van der Waals surface area contributed by atoms with E-state index in [1.54, 1.807) is 0 Å². The molecule has 0 bridgehead atoms. The molecule has 0 aromatic heterocycles. The van der Waals surface area contributed by atoms with Crippen molar-refractivity contribution in [2.45, 2.75) is 44.9 Å². The zero-order valence-corrected chi connectivity index (χ0v) is 21.0. The van der Waals surface area contributed by atoms with E-state index in [1.165, 1.54) is 11.1 Å². The van der Waals surface area contributed by atoms with Crippen LogP contribution in [-0.2, 0) is 22.8 Å². The number of halogens is 1. The highest BCUT2D eigenvalue weighted by Crippen LogP contribution is 2.24. The summed E-state index contributed by atoms with van der Waals surface area (Å²) in [5.41, 5.74) is 2.93. The fourth-order valence-corrected chi connectivity index (χ4v) is 5.34. The minimum Gasteiger partial charge on any atom is -0.357 e. The van der Waals surface area contributed by atoms with Crippen molar-refractivity contribution in [1.82, 2.24) is 15.1 Å². The number of nitrogens with one attached hydrogen (secondary N) is 1. The summed E-state index contributed by atoms with van der Waals surface area (Å²) in [7, 11) is -3.04. The van der Waals surface area contributed by atoms with E-state index < -0.39 is 14.6 Å². The van der Waals surface area contributed by atoms with Crippen molar-refractivity contribution in [1.29, 1.82) is 0 Å².